The molecule has 0 aromatic heterocycles. The maximum atomic E-state index is 5.61. The van der Waals surface area contributed by atoms with Gasteiger partial charge in [-0.1, -0.05) is 6.08 Å². The fourth-order valence-corrected chi connectivity index (χ4v) is 1.81. The van der Waals surface area contributed by atoms with E-state index in [1.807, 2.05) is 6.08 Å². The number of nitrogens with one attached hydrogen (secondary N) is 1. The molecule has 0 amide bonds. The van der Waals surface area contributed by atoms with Crippen LogP contribution in [0.4, 0.5) is 0 Å². The van der Waals surface area contributed by atoms with E-state index in [2.05, 4.69) is 18.8 Å². The summed E-state index contributed by atoms with van der Waals surface area (Å²) in [6.07, 6.45) is 5.35. The Bertz CT molecular complexity index is 179. The number of hydrogen-bond acceptors (Lipinski definition) is 3. The van der Waals surface area contributed by atoms with Gasteiger partial charge in [-0.05, 0) is 26.2 Å². The molecule has 0 aromatic carbocycles. The van der Waals surface area contributed by atoms with Crippen LogP contribution >= 0.6 is 0 Å². The lowest BCUT2D eigenvalue weighted by molar-refractivity contribution is 0.0902. The first-order chi connectivity index (χ1) is 7.83. The van der Waals surface area contributed by atoms with Crippen LogP contribution in [0.25, 0.3) is 0 Å². The maximum Gasteiger partial charge on any atom is 0.0591 e. The van der Waals surface area contributed by atoms with Crippen molar-refractivity contribution in [1.82, 2.24) is 5.32 Å². The second-order valence-corrected chi connectivity index (χ2v) is 4.53. The molecule has 1 saturated heterocycles. The van der Waals surface area contributed by atoms with Gasteiger partial charge in [0.15, 0.2) is 0 Å². The second kappa shape index (κ2) is 8.74. The summed E-state index contributed by atoms with van der Waals surface area (Å²) < 4.78 is 10.9. The summed E-state index contributed by atoms with van der Waals surface area (Å²) in [4.78, 5) is 0. The van der Waals surface area contributed by atoms with Crippen LogP contribution < -0.4 is 5.32 Å². The zero-order valence-corrected chi connectivity index (χ0v) is 10.4. The third-order valence-electron chi connectivity index (χ3n) is 2.92. The van der Waals surface area contributed by atoms with E-state index in [1.54, 1.807) is 0 Å². The summed E-state index contributed by atoms with van der Waals surface area (Å²) in [6, 6.07) is 0.552. The van der Waals surface area contributed by atoms with Gasteiger partial charge in [-0.3, -0.25) is 0 Å². The summed E-state index contributed by atoms with van der Waals surface area (Å²) in [5.74, 6) is 0.623. The largest absolute Gasteiger partial charge is 0.381 e. The molecular formula is C13H25NO2. The van der Waals surface area contributed by atoms with Crippen molar-refractivity contribution in [2.45, 2.75) is 32.2 Å². The summed E-state index contributed by atoms with van der Waals surface area (Å²) in [7, 11) is 0. The van der Waals surface area contributed by atoms with Crippen LogP contribution in [0.1, 0.15) is 26.2 Å². The highest BCUT2D eigenvalue weighted by Crippen LogP contribution is 2.11. The predicted molar refractivity (Wildman–Crippen MR) is 66.6 cm³/mol. The average molecular weight is 227 g/mol. The van der Waals surface area contributed by atoms with E-state index in [4.69, 9.17) is 9.47 Å². The average Bonchev–Trinajstić information content (AvgIpc) is 2.79. The van der Waals surface area contributed by atoms with Gasteiger partial charge in [-0.2, -0.15) is 0 Å². The highest BCUT2D eigenvalue weighted by molar-refractivity contribution is 4.70. The summed E-state index contributed by atoms with van der Waals surface area (Å²) in [6.45, 7) is 10.3. The molecule has 2 atom stereocenters. The quantitative estimate of drug-likeness (QED) is 0.482. The van der Waals surface area contributed by atoms with Crippen LogP contribution in [0.5, 0.6) is 0 Å². The summed E-state index contributed by atoms with van der Waals surface area (Å²) in [5.41, 5.74) is 0. The van der Waals surface area contributed by atoms with Crippen molar-refractivity contribution < 1.29 is 9.47 Å². The topological polar surface area (TPSA) is 30.5 Å². The molecule has 2 unspecified atom stereocenters. The van der Waals surface area contributed by atoms with Gasteiger partial charge >= 0.3 is 0 Å². The lowest BCUT2D eigenvalue weighted by Gasteiger charge is -2.13. The molecule has 0 aromatic rings. The Kier molecular flexibility index (Phi) is 7.47. The lowest BCUT2D eigenvalue weighted by atomic mass is 10.1. The first kappa shape index (κ1) is 13.7. The minimum absolute atomic E-state index is 0.552. The Morgan fingerprint density at radius 3 is 3.19 bits per heavy atom. The van der Waals surface area contributed by atoms with Gasteiger partial charge in [0.25, 0.3) is 0 Å². The SMILES string of the molecule is C=CCCC(C)NCCOCC1CCOC1. The number of allylic oxidation sites excluding steroid dienone is 1. The Labute approximate surface area is 99.2 Å². The van der Waals surface area contributed by atoms with Crippen LogP contribution in [-0.2, 0) is 9.47 Å². The Balaban J connectivity index is 1.85. The smallest absolute Gasteiger partial charge is 0.0591 e. The zero-order chi connectivity index (χ0) is 11.6. The molecule has 1 heterocycles. The molecule has 0 radical (unpaired) electrons. The molecule has 1 aliphatic heterocycles. The Morgan fingerprint density at radius 2 is 2.50 bits per heavy atom. The van der Waals surface area contributed by atoms with E-state index in [0.29, 0.717) is 12.0 Å². The Morgan fingerprint density at radius 1 is 1.62 bits per heavy atom. The molecule has 1 fully saturated rings. The van der Waals surface area contributed by atoms with Crippen LogP contribution in [0.2, 0.25) is 0 Å². The van der Waals surface area contributed by atoms with Crippen LogP contribution in [-0.4, -0.2) is 39.0 Å². The van der Waals surface area contributed by atoms with Crippen molar-refractivity contribution in [3.8, 4) is 0 Å². The molecule has 0 spiro atoms. The van der Waals surface area contributed by atoms with Gasteiger partial charge < -0.3 is 14.8 Å². The molecule has 94 valence electrons. The number of ether oxygens (including phenoxy) is 2. The van der Waals surface area contributed by atoms with E-state index in [9.17, 15) is 0 Å². The van der Waals surface area contributed by atoms with Crippen molar-refractivity contribution in [3.05, 3.63) is 12.7 Å². The van der Waals surface area contributed by atoms with Gasteiger partial charge in [0, 0.05) is 25.1 Å². The van der Waals surface area contributed by atoms with Crippen molar-refractivity contribution >= 4 is 0 Å². The van der Waals surface area contributed by atoms with E-state index in [1.165, 1.54) is 0 Å². The Hall–Kier alpha value is -0.380. The van der Waals surface area contributed by atoms with Gasteiger partial charge in [0.05, 0.1) is 19.8 Å². The van der Waals surface area contributed by atoms with Gasteiger partial charge in [-0.15, -0.1) is 6.58 Å². The molecular weight excluding hydrogens is 202 g/mol. The van der Waals surface area contributed by atoms with Crippen LogP contribution in [0, 0.1) is 5.92 Å². The normalized spacial score (nSPS) is 22.2. The first-order valence-electron chi connectivity index (χ1n) is 6.32. The molecule has 0 saturated carbocycles. The molecule has 3 nitrogen and oxygen atoms in total. The highest BCUT2D eigenvalue weighted by atomic mass is 16.5. The predicted octanol–water partition coefficient (Wildman–Crippen LogP) is 1.98. The molecule has 16 heavy (non-hydrogen) atoms. The van der Waals surface area contributed by atoms with Crippen molar-refractivity contribution in [3.63, 3.8) is 0 Å². The van der Waals surface area contributed by atoms with E-state index in [-0.39, 0.29) is 0 Å². The van der Waals surface area contributed by atoms with E-state index >= 15 is 0 Å². The third-order valence-corrected chi connectivity index (χ3v) is 2.92. The lowest BCUT2D eigenvalue weighted by Crippen LogP contribution is -2.29. The standard InChI is InChI=1S/C13H25NO2/c1-3-4-5-12(2)14-7-9-16-11-13-6-8-15-10-13/h3,12-14H,1,4-11H2,2H3. The van der Waals surface area contributed by atoms with Crippen molar-refractivity contribution in [2.75, 3.05) is 33.0 Å². The van der Waals surface area contributed by atoms with Gasteiger partial charge in [0.1, 0.15) is 0 Å². The van der Waals surface area contributed by atoms with Crippen LogP contribution in [0.15, 0.2) is 12.7 Å². The van der Waals surface area contributed by atoms with Crippen molar-refractivity contribution in [2.24, 2.45) is 5.92 Å². The highest BCUT2D eigenvalue weighted by Gasteiger charge is 2.15. The minimum atomic E-state index is 0.552. The summed E-state index contributed by atoms with van der Waals surface area (Å²) in [5, 5.41) is 3.44. The number of rotatable bonds is 9. The summed E-state index contributed by atoms with van der Waals surface area (Å²) >= 11 is 0. The fraction of sp³-hybridized carbons (Fsp3) is 0.846. The van der Waals surface area contributed by atoms with E-state index in [0.717, 1.165) is 52.2 Å². The molecule has 1 N–H and O–H groups in total. The zero-order valence-electron chi connectivity index (χ0n) is 10.4. The van der Waals surface area contributed by atoms with Gasteiger partial charge in [0.2, 0.25) is 0 Å². The van der Waals surface area contributed by atoms with E-state index < -0.39 is 0 Å². The molecule has 1 aliphatic rings. The van der Waals surface area contributed by atoms with Gasteiger partial charge in [-0.25, -0.2) is 0 Å². The number of hydrogen-bond donors (Lipinski definition) is 1. The molecule has 0 bridgehead atoms. The monoisotopic (exact) mass is 227 g/mol. The van der Waals surface area contributed by atoms with Crippen LogP contribution in [0.3, 0.4) is 0 Å². The maximum absolute atomic E-state index is 5.61. The second-order valence-electron chi connectivity index (χ2n) is 4.53. The minimum Gasteiger partial charge on any atom is -0.381 e. The molecule has 0 aliphatic carbocycles. The molecule has 1 rings (SSSR count). The first-order valence-corrected chi connectivity index (χ1v) is 6.32. The fourth-order valence-electron chi connectivity index (χ4n) is 1.81. The van der Waals surface area contributed by atoms with Crippen molar-refractivity contribution in [1.29, 1.82) is 0 Å². The third kappa shape index (κ3) is 6.26. The molecule has 3 heteroatoms.